The smallest absolute Gasteiger partial charge is 0.254 e. The third-order valence-corrected chi connectivity index (χ3v) is 4.17. The zero-order chi connectivity index (χ0) is 16.2. The third-order valence-electron chi connectivity index (χ3n) is 4.17. The lowest BCUT2D eigenvalue weighted by Gasteiger charge is -2.37. The summed E-state index contributed by atoms with van der Waals surface area (Å²) in [6.45, 7) is 3.84. The number of hydrogen-bond acceptors (Lipinski definition) is 5. The van der Waals surface area contributed by atoms with Crippen LogP contribution in [0, 0.1) is 0 Å². The van der Waals surface area contributed by atoms with Crippen molar-refractivity contribution in [3.8, 4) is 5.75 Å². The Kier molecular flexibility index (Phi) is 4.78. The minimum atomic E-state index is -0.419. The van der Waals surface area contributed by atoms with E-state index in [1.165, 1.54) is 12.1 Å². The highest BCUT2D eigenvalue weighted by atomic mass is 16.5. The number of aromatic hydroxyl groups is 1. The van der Waals surface area contributed by atoms with Gasteiger partial charge in [0.2, 0.25) is 0 Å². The van der Waals surface area contributed by atoms with Crippen molar-refractivity contribution in [1.29, 1.82) is 0 Å². The van der Waals surface area contributed by atoms with Crippen molar-refractivity contribution in [2.24, 2.45) is 0 Å². The quantitative estimate of drug-likeness (QED) is 0.780. The lowest BCUT2D eigenvalue weighted by Crippen LogP contribution is -2.56. The van der Waals surface area contributed by atoms with Crippen LogP contribution in [-0.4, -0.2) is 78.7 Å². The van der Waals surface area contributed by atoms with E-state index in [9.17, 15) is 14.7 Å². The summed E-state index contributed by atoms with van der Waals surface area (Å²) >= 11 is 0. The van der Waals surface area contributed by atoms with E-state index < -0.39 is 6.10 Å². The minimum absolute atomic E-state index is 0.0124. The van der Waals surface area contributed by atoms with Crippen molar-refractivity contribution >= 4 is 11.8 Å². The SMILES string of the molecule is O=C(c1cccc(O)c1)N1CCN(C(=O)C2CNCCO2)CC1. The summed E-state index contributed by atoms with van der Waals surface area (Å²) < 4.78 is 5.49. The van der Waals surface area contributed by atoms with Gasteiger partial charge in [-0.2, -0.15) is 0 Å². The number of nitrogens with one attached hydrogen (secondary N) is 1. The Bertz CT molecular complexity index is 578. The first-order chi connectivity index (χ1) is 11.1. The maximum atomic E-state index is 12.4. The van der Waals surface area contributed by atoms with Crippen LogP contribution in [0.5, 0.6) is 5.75 Å². The number of ether oxygens (including phenoxy) is 1. The monoisotopic (exact) mass is 319 g/mol. The van der Waals surface area contributed by atoms with Gasteiger partial charge in [0.1, 0.15) is 11.9 Å². The predicted molar refractivity (Wildman–Crippen MR) is 83.2 cm³/mol. The molecular formula is C16H21N3O4. The van der Waals surface area contributed by atoms with Crippen molar-refractivity contribution in [1.82, 2.24) is 15.1 Å². The number of phenols is 1. The second kappa shape index (κ2) is 6.97. The maximum Gasteiger partial charge on any atom is 0.254 e. The third kappa shape index (κ3) is 3.62. The minimum Gasteiger partial charge on any atom is -0.508 e. The van der Waals surface area contributed by atoms with E-state index in [2.05, 4.69) is 5.32 Å². The molecule has 0 aromatic heterocycles. The molecule has 7 nitrogen and oxygen atoms in total. The van der Waals surface area contributed by atoms with Gasteiger partial charge in [-0.15, -0.1) is 0 Å². The predicted octanol–water partition coefficient (Wildman–Crippen LogP) is -0.335. The number of rotatable bonds is 2. The number of carbonyl (C=O) groups excluding carboxylic acids is 2. The van der Waals surface area contributed by atoms with Gasteiger partial charge < -0.3 is 25.0 Å². The van der Waals surface area contributed by atoms with E-state index >= 15 is 0 Å². The van der Waals surface area contributed by atoms with E-state index in [-0.39, 0.29) is 17.6 Å². The molecule has 2 amide bonds. The number of nitrogens with zero attached hydrogens (tertiary/aromatic N) is 2. The normalized spacial score (nSPS) is 22.0. The van der Waals surface area contributed by atoms with Crippen LogP contribution >= 0.6 is 0 Å². The molecule has 2 saturated heterocycles. The van der Waals surface area contributed by atoms with Crippen molar-refractivity contribution in [3.63, 3.8) is 0 Å². The Balaban J connectivity index is 1.55. The lowest BCUT2D eigenvalue weighted by molar-refractivity contribution is -0.146. The first kappa shape index (κ1) is 15.8. The first-order valence-electron chi connectivity index (χ1n) is 7.84. The Morgan fingerprint density at radius 3 is 2.57 bits per heavy atom. The molecule has 2 N–H and O–H groups in total. The molecule has 2 aliphatic rings. The Morgan fingerprint density at radius 2 is 1.91 bits per heavy atom. The molecule has 1 unspecified atom stereocenters. The van der Waals surface area contributed by atoms with Crippen LogP contribution in [0.2, 0.25) is 0 Å². The molecule has 0 saturated carbocycles. The summed E-state index contributed by atoms with van der Waals surface area (Å²) in [6, 6.07) is 6.32. The summed E-state index contributed by atoms with van der Waals surface area (Å²) in [5.74, 6) is -0.0585. The molecule has 2 heterocycles. The number of benzene rings is 1. The van der Waals surface area contributed by atoms with Crippen LogP contribution in [0.1, 0.15) is 10.4 Å². The molecular weight excluding hydrogens is 298 g/mol. The zero-order valence-electron chi connectivity index (χ0n) is 12.9. The Morgan fingerprint density at radius 1 is 1.17 bits per heavy atom. The molecule has 1 aromatic carbocycles. The van der Waals surface area contributed by atoms with Crippen LogP contribution < -0.4 is 5.32 Å². The topological polar surface area (TPSA) is 82.1 Å². The second-order valence-electron chi connectivity index (χ2n) is 5.73. The highest BCUT2D eigenvalue weighted by Gasteiger charge is 2.30. The van der Waals surface area contributed by atoms with Gasteiger partial charge in [0.25, 0.3) is 11.8 Å². The van der Waals surface area contributed by atoms with Crippen molar-refractivity contribution in [2.45, 2.75) is 6.10 Å². The molecule has 1 atom stereocenters. The zero-order valence-corrected chi connectivity index (χ0v) is 12.9. The van der Waals surface area contributed by atoms with Gasteiger partial charge in [0.15, 0.2) is 0 Å². The van der Waals surface area contributed by atoms with Gasteiger partial charge in [0.05, 0.1) is 6.61 Å². The van der Waals surface area contributed by atoms with E-state index in [1.807, 2.05) is 0 Å². The molecule has 2 fully saturated rings. The van der Waals surface area contributed by atoms with Crippen molar-refractivity contribution in [3.05, 3.63) is 29.8 Å². The van der Waals surface area contributed by atoms with Gasteiger partial charge in [-0.1, -0.05) is 6.07 Å². The molecule has 0 radical (unpaired) electrons. The summed E-state index contributed by atoms with van der Waals surface area (Å²) in [5.41, 5.74) is 0.463. The van der Waals surface area contributed by atoms with Crippen molar-refractivity contribution in [2.75, 3.05) is 45.9 Å². The molecule has 124 valence electrons. The molecule has 1 aromatic rings. The number of hydrogen-bond donors (Lipinski definition) is 2. The number of phenolic OH excluding ortho intramolecular Hbond substituents is 1. The average molecular weight is 319 g/mol. The van der Waals surface area contributed by atoms with E-state index in [0.717, 1.165) is 6.54 Å². The lowest BCUT2D eigenvalue weighted by atomic mass is 10.1. The molecule has 2 aliphatic heterocycles. The van der Waals surface area contributed by atoms with Crippen molar-refractivity contribution < 1.29 is 19.4 Å². The van der Waals surface area contributed by atoms with Crippen LogP contribution in [0.3, 0.4) is 0 Å². The Labute approximate surface area is 134 Å². The van der Waals surface area contributed by atoms with Gasteiger partial charge in [-0.05, 0) is 18.2 Å². The van der Waals surface area contributed by atoms with Crippen LogP contribution in [0.4, 0.5) is 0 Å². The molecule has 3 rings (SSSR count). The maximum absolute atomic E-state index is 12.4. The van der Waals surface area contributed by atoms with Crippen LogP contribution in [0.15, 0.2) is 24.3 Å². The standard InChI is InChI=1S/C16H21N3O4/c20-13-3-1-2-12(10-13)15(21)18-5-7-19(8-6-18)16(22)14-11-17-4-9-23-14/h1-3,10,14,17,20H,4-9,11H2. The molecule has 7 heteroatoms. The summed E-state index contributed by atoms with van der Waals surface area (Å²) in [6.07, 6.45) is -0.419. The highest BCUT2D eigenvalue weighted by molar-refractivity contribution is 5.94. The van der Waals surface area contributed by atoms with Gasteiger partial charge in [-0.25, -0.2) is 0 Å². The number of morpholine rings is 1. The highest BCUT2D eigenvalue weighted by Crippen LogP contribution is 2.15. The van der Waals surface area contributed by atoms with Crippen LogP contribution in [-0.2, 0) is 9.53 Å². The summed E-state index contributed by atoms with van der Waals surface area (Å²) in [5, 5.41) is 12.6. The van der Waals surface area contributed by atoms with Crippen LogP contribution in [0.25, 0.3) is 0 Å². The fourth-order valence-corrected chi connectivity index (χ4v) is 2.88. The average Bonchev–Trinajstić information content (AvgIpc) is 2.61. The van der Waals surface area contributed by atoms with Gasteiger partial charge in [-0.3, -0.25) is 9.59 Å². The fourth-order valence-electron chi connectivity index (χ4n) is 2.88. The molecule has 0 bridgehead atoms. The molecule has 0 aliphatic carbocycles. The number of carbonyl (C=O) groups is 2. The fraction of sp³-hybridized carbons (Fsp3) is 0.500. The van der Waals surface area contributed by atoms with Gasteiger partial charge >= 0.3 is 0 Å². The van der Waals surface area contributed by atoms with Gasteiger partial charge in [0, 0.05) is 44.8 Å². The second-order valence-corrected chi connectivity index (χ2v) is 5.73. The summed E-state index contributed by atoms with van der Waals surface area (Å²) in [4.78, 5) is 28.2. The largest absolute Gasteiger partial charge is 0.508 e. The first-order valence-corrected chi connectivity index (χ1v) is 7.84. The van der Waals surface area contributed by atoms with E-state index in [1.54, 1.807) is 21.9 Å². The van der Waals surface area contributed by atoms with E-state index in [0.29, 0.717) is 44.9 Å². The molecule has 0 spiro atoms. The Hall–Kier alpha value is -2.12. The number of amides is 2. The number of piperazine rings is 1. The van der Waals surface area contributed by atoms with E-state index in [4.69, 9.17) is 4.74 Å². The molecule has 23 heavy (non-hydrogen) atoms. The summed E-state index contributed by atoms with van der Waals surface area (Å²) in [7, 11) is 0.